The first-order chi connectivity index (χ1) is 20.0. The molecule has 2 aromatic carbocycles. The number of alkyl halides is 3. The summed E-state index contributed by atoms with van der Waals surface area (Å²) >= 11 is 0. The van der Waals surface area contributed by atoms with Crippen molar-refractivity contribution in [3.8, 4) is 5.75 Å². The van der Waals surface area contributed by atoms with Gasteiger partial charge in [0.2, 0.25) is 5.56 Å². The van der Waals surface area contributed by atoms with E-state index < -0.39 is 61.5 Å². The molecule has 3 aromatic rings. The number of rotatable bonds is 8. The van der Waals surface area contributed by atoms with Gasteiger partial charge < -0.3 is 29.3 Å². The molecule has 240 valence electrons. The second-order valence-corrected chi connectivity index (χ2v) is 17.9. The van der Waals surface area contributed by atoms with Crippen molar-refractivity contribution in [3.63, 3.8) is 0 Å². The molecule has 0 saturated carbocycles. The van der Waals surface area contributed by atoms with Crippen LogP contribution in [0.2, 0.25) is 18.1 Å². The molecule has 1 heterocycles. The first-order valence-corrected chi connectivity index (χ1v) is 16.8. The third-order valence-electron chi connectivity index (χ3n) is 7.56. The number of phenolic OH excluding ortho intramolecular Hbond substituents is 1. The lowest BCUT2D eigenvalue weighted by Crippen LogP contribution is -2.45. The molecule has 13 heteroatoms. The van der Waals surface area contributed by atoms with Gasteiger partial charge in [-0.2, -0.15) is 13.2 Å². The number of carboxylic acids is 1. The van der Waals surface area contributed by atoms with Gasteiger partial charge in [0.05, 0.1) is 29.3 Å². The summed E-state index contributed by atoms with van der Waals surface area (Å²) in [6, 6.07) is 8.37. The number of aromatic hydroxyl groups is 1. The van der Waals surface area contributed by atoms with Gasteiger partial charge in [-0.15, -0.1) is 0 Å². The van der Waals surface area contributed by atoms with Gasteiger partial charge in [0, 0.05) is 18.0 Å². The number of benzene rings is 2. The molecule has 3 rings (SSSR count). The summed E-state index contributed by atoms with van der Waals surface area (Å²) in [4.78, 5) is 40.8. The second-order valence-electron chi connectivity index (χ2n) is 13.2. The Kier molecular flexibility index (Phi) is 9.66. The lowest BCUT2D eigenvalue weighted by Gasteiger charge is -2.41. The maximum absolute atomic E-state index is 14.1. The number of carboxylic acid groups (broad SMARTS) is 1. The summed E-state index contributed by atoms with van der Waals surface area (Å²) in [6.07, 6.45) is -6.74. The number of phenols is 1. The molecule has 0 aliphatic rings. The number of hydrogen-bond acceptors (Lipinski definition) is 6. The van der Waals surface area contributed by atoms with Crippen LogP contribution in [-0.4, -0.2) is 52.6 Å². The van der Waals surface area contributed by atoms with E-state index in [1.54, 1.807) is 26.8 Å². The molecular formula is C31H39F3N2O7Si. The second kappa shape index (κ2) is 12.3. The fraction of sp³-hybridized carbons (Fsp3) is 0.452. The molecular weight excluding hydrogens is 597 g/mol. The number of pyridine rings is 1. The number of halogens is 3. The predicted octanol–water partition coefficient (Wildman–Crippen LogP) is 7.45. The van der Waals surface area contributed by atoms with E-state index in [1.807, 2.05) is 33.9 Å². The number of hydrogen-bond donors (Lipinski definition) is 3. The number of ether oxygens (including phenoxy) is 1. The molecule has 0 saturated heterocycles. The van der Waals surface area contributed by atoms with Crippen LogP contribution in [0, 0.1) is 0 Å². The molecule has 1 aromatic heterocycles. The molecule has 1 unspecified atom stereocenters. The first-order valence-electron chi connectivity index (χ1n) is 13.9. The molecule has 0 fully saturated rings. The van der Waals surface area contributed by atoms with Gasteiger partial charge in [-0.05, 0) is 74.3 Å². The Morgan fingerprint density at radius 1 is 1.00 bits per heavy atom. The van der Waals surface area contributed by atoms with E-state index in [0.29, 0.717) is 17.0 Å². The van der Waals surface area contributed by atoms with Crippen LogP contribution in [0.3, 0.4) is 0 Å². The third-order valence-corrected chi connectivity index (χ3v) is 12.0. The highest BCUT2D eigenvalue weighted by Gasteiger charge is 2.41. The SMILES string of the molecule is CC(C)(C)OC(=O)N(Cc1ccc(C(=O)O)cc1C(F)(F)F)CC(O[Si](C)(C)C(C)(C)C)c1ccc(O)c2[nH]c(=O)ccc12. The van der Waals surface area contributed by atoms with Gasteiger partial charge in [0.15, 0.2) is 8.32 Å². The standard InChI is InChI=1S/C31H39F3N2O7Si/c1-29(2,3)42-28(41)36(16-19-10-9-18(27(39)40)15-22(19)31(32,33)34)17-24(43-44(7,8)30(4,5)6)20-11-13-23(37)26-21(20)12-14-25(38)35-26/h9-15,24,37H,16-17H2,1-8H3,(H,35,38)(H,39,40). The average Bonchev–Trinajstić information content (AvgIpc) is 2.86. The van der Waals surface area contributed by atoms with Gasteiger partial charge in [0.25, 0.3) is 0 Å². The quantitative estimate of drug-likeness (QED) is 0.219. The van der Waals surface area contributed by atoms with E-state index in [4.69, 9.17) is 9.16 Å². The number of H-pyrrole nitrogens is 1. The Morgan fingerprint density at radius 3 is 2.18 bits per heavy atom. The van der Waals surface area contributed by atoms with Crippen molar-refractivity contribution in [3.05, 3.63) is 75.1 Å². The fourth-order valence-electron chi connectivity index (χ4n) is 4.32. The molecule has 0 spiro atoms. The Bertz CT molecular complexity index is 1610. The van der Waals surface area contributed by atoms with Crippen molar-refractivity contribution >= 4 is 31.3 Å². The van der Waals surface area contributed by atoms with Crippen LogP contribution in [-0.2, 0) is 21.9 Å². The van der Waals surface area contributed by atoms with E-state index >= 15 is 0 Å². The number of aromatic carboxylic acids is 1. The summed E-state index contributed by atoms with van der Waals surface area (Å²) < 4.78 is 54.8. The molecule has 0 aliphatic heterocycles. The van der Waals surface area contributed by atoms with Crippen molar-refractivity contribution in [2.75, 3.05) is 6.54 Å². The van der Waals surface area contributed by atoms with Crippen molar-refractivity contribution in [1.82, 2.24) is 9.88 Å². The van der Waals surface area contributed by atoms with Crippen LogP contribution >= 0.6 is 0 Å². The maximum Gasteiger partial charge on any atom is 0.416 e. The number of aromatic nitrogens is 1. The van der Waals surface area contributed by atoms with E-state index in [0.717, 1.165) is 17.0 Å². The predicted molar refractivity (Wildman–Crippen MR) is 162 cm³/mol. The zero-order chi connectivity index (χ0) is 33.4. The van der Waals surface area contributed by atoms with Crippen LogP contribution in [0.15, 0.2) is 47.3 Å². The van der Waals surface area contributed by atoms with E-state index in [1.165, 1.54) is 18.2 Å². The molecule has 9 nitrogen and oxygen atoms in total. The van der Waals surface area contributed by atoms with E-state index in [9.17, 15) is 37.8 Å². The summed E-state index contributed by atoms with van der Waals surface area (Å²) in [7, 11) is -2.62. The molecule has 1 atom stereocenters. The Morgan fingerprint density at radius 2 is 1.64 bits per heavy atom. The van der Waals surface area contributed by atoms with Gasteiger partial charge in [-0.25, -0.2) is 9.59 Å². The largest absolute Gasteiger partial charge is 0.506 e. The lowest BCUT2D eigenvalue weighted by molar-refractivity contribution is -0.138. The number of nitrogens with zero attached hydrogens (tertiary/aromatic N) is 1. The Hall–Kier alpha value is -3.84. The zero-order valence-corrected chi connectivity index (χ0v) is 27.0. The minimum Gasteiger partial charge on any atom is -0.506 e. The van der Waals surface area contributed by atoms with Gasteiger partial charge in [-0.1, -0.05) is 32.9 Å². The van der Waals surface area contributed by atoms with Gasteiger partial charge in [-0.3, -0.25) is 4.79 Å². The Balaban J connectivity index is 2.23. The molecule has 3 N–H and O–H groups in total. The van der Waals surface area contributed by atoms with Crippen LogP contribution in [0.4, 0.5) is 18.0 Å². The zero-order valence-electron chi connectivity index (χ0n) is 26.0. The van der Waals surface area contributed by atoms with Gasteiger partial charge in [0.1, 0.15) is 11.4 Å². The molecule has 44 heavy (non-hydrogen) atoms. The molecule has 1 amide bonds. The fourth-order valence-corrected chi connectivity index (χ4v) is 5.58. The summed E-state index contributed by atoms with van der Waals surface area (Å²) in [5.74, 6) is -1.71. The average molecular weight is 637 g/mol. The van der Waals surface area contributed by atoms with Crippen LogP contribution in [0.25, 0.3) is 10.9 Å². The molecule has 0 bridgehead atoms. The van der Waals surface area contributed by atoms with E-state index in [-0.39, 0.29) is 28.4 Å². The monoisotopic (exact) mass is 636 g/mol. The van der Waals surface area contributed by atoms with Crippen molar-refractivity contribution < 1.29 is 42.1 Å². The molecule has 0 radical (unpaired) electrons. The van der Waals surface area contributed by atoms with Crippen molar-refractivity contribution in [2.24, 2.45) is 0 Å². The van der Waals surface area contributed by atoms with Crippen LogP contribution in [0.1, 0.15) is 74.7 Å². The smallest absolute Gasteiger partial charge is 0.416 e. The third kappa shape index (κ3) is 8.20. The highest BCUT2D eigenvalue weighted by atomic mass is 28.4. The maximum atomic E-state index is 14.1. The number of carbonyl (C=O) groups is 2. The van der Waals surface area contributed by atoms with Crippen molar-refractivity contribution in [2.45, 2.75) is 84.1 Å². The normalized spacial score (nSPS) is 13.5. The highest BCUT2D eigenvalue weighted by Crippen LogP contribution is 2.42. The number of carbonyl (C=O) groups excluding carboxylic acids is 1. The van der Waals surface area contributed by atoms with Crippen molar-refractivity contribution in [1.29, 1.82) is 0 Å². The van der Waals surface area contributed by atoms with Crippen LogP contribution < -0.4 is 5.56 Å². The number of amides is 1. The molecule has 0 aliphatic carbocycles. The topological polar surface area (TPSA) is 129 Å². The summed E-state index contributed by atoms with van der Waals surface area (Å²) in [5.41, 5.74) is -2.88. The minimum atomic E-state index is -4.91. The lowest BCUT2D eigenvalue weighted by atomic mass is 10.0. The Labute approximate surface area is 254 Å². The van der Waals surface area contributed by atoms with Gasteiger partial charge >= 0.3 is 18.2 Å². The van der Waals surface area contributed by atoms with Crippen LogP contribution in [0.5, 0.6) is 5.75 Å². The highest BCUT2D eigenvalue weighted by molar-refractivity contribution is 6.74. The number of fused-ring (bicyclic) bond motifs is 1. The summed E-state index contributed by atoms with van der Waals surface area (Å²) in [5, 5.41) is 19.9. The first kappa shape index (κ1) is 34.6. The minimum absolute atomic E-state index is 0.145. The number of nitrogens with one attached hydrogen (secondary N) is 1. The number of aromatic amines is 1. The summed E-state index contributed by atoms with van der Waals surface area (Å²) in [6.45, 7) is 14.0. The van der Waals surface area contributed by atoms with E-state index in [2.05, 4.69) is 4.98 Å².